The number of alkyl halides is 2. The normalized spacial score (nSPS) is 10.1. The average Bonchev–Trinajstić information content (AvgIpc) is 2.16. The van der Waals surface area contributed by atoms with Crippen molar-refractivity contribution < 1.29 is 8.78 Å². The Labute approximate surface area is 74.8 Å². The van der Waals surface area contributed by atoms with E-state index in [1.54, 1.807) is 6.07 Å². The molecule has 2 nitrogen and oxygen atoms in total. The van der Waals surface area contributed by atoms with Crippen LogP contribution in [0.1, 0.15) is 30.2 Å². The average molecular weight is 182 g/mol. The third-order valence-electron chi connectivity index (χ3n) is 1.72. The molecule has 0 radical (unpaired) electrons. The molecule has 0 unspecified atom stereocenters. The minimum absolute atomic E-state index is 0.188. The molecule has 0 aliphatic rings. The molecule has 0 bridgehead atoms. The number of hydrogen-bond donors (Lipinski definition) is 0. The van der Waals surface area contributed by atoms with Gasteiger partial charge in [0.25, 0.3) is 6.43 Å². The van der Waals surface area contributed by atoms with Crippen molar-refractivity contribution in [3.8, 4) is 6.07 Å². The van der Waals surface area contributed by atoms with Crippen molar-refractivity contribution in [2.24, 2.45) is 0 Å². The summed E-state index contributed by atoms with van der Waals surface area (Å²) in [7, 11) is 0. The largest absolute Gasteiger partial charge is 0.266 e. The number of aromatic nitrogens is 1. The summed E-state index contributed by atoms with van der Waals surface area (Å²) in [6.07, 6.45) is -0.545. The summed E-state index contributed by atoms with van der Waals surface area (Å²) in [6, 6.07) is 2.97. The van der Waals surface area contributed by atoms with Crippen molar-refractivity contribution in [2.75, 3.05) is 0 Å². The van der Waals surface area contributed by atoms with Gasteiger partial charge in [-0.2, -0.15) is 5.26 Å². The monoisotopic (exact) mass is 182 g/mol. The van der Waals surface area contributed by atoms with Crippen LogP contribution in [0.2, 0.25) is 0 Å². The number of pyridine rings is 1. The first kappa shape index (κ1) is 9.59. The molecule has 1 aromatic heterocycles. The number of nitriles is 1. The summed E-state index contributed by atoms with van der Waals surface area (Å²) < 4.78 is 24.7. The molecule has 1 aromatic rings. The summed E-state index contributed by atoms with van der Waals surface area (Å²) in [5, 5.41) is 8.49. The molecule has 0 atom stereocenters. The van der Waals surface area contributed by atoms with Gasteiger partial charge >= 0.3 is 0 Å². The number of hydrogen-bond acceptors (Lipinski definition) is 2. The molecule has 0 fully saturated rings. The van der Waals surface area contributed by atoms with E-state index in [1.807, 2.05) is 6.92 Å². The SMILES string of the molecule is CCc1cnc(C#N)c(C(F)F)c1. The van der Waals surface area contributed by atoms with Gasteiger partial charge in [-0.15, -0.1) is 0 Å². The third-order valence-corrected chi connectivity index (χ3v) is 1.72. The van der Waals surface area contributed by atoms with E-state index in [0.717, 1.165) is 0 Å². The minimum atomic E-state index is -2.63. The van der Waals surface area contributed by atoms with Crippen molar-refractivity contribution in [1.29, 1.82) is 5.26 Å². The molecule has 0 aromatic carbocycles. The van der Waals surface area contributed by atoms with E-state index >= 15 is 0 Å². The van der Waals surface area contributed by atoms with Crippen molar-refractivity contribution in [3.63, 3.8) is 0 Å². The van der Waals surface area contributed by atoms with Crippen molar-refractivity contribution >= 4 is 0 Å². The zero-order chi connectivity index (χ0) is 9.84. The predicted molar refractivity (Wildman–Crippen MR) is 43.3 cm³/mol. The molecule has 0 saturated heterocycles. The summed E-state index contributed by atoms with van der Waals surface area (Å²) in [6.45, 7) is 1.85. The molecule has 0 aliphatic carbocycles. The van der Waals surface area contributed by atoms with E-state index in [1.165, 1.54) is 12.3 Å². The lowest BCUT2D eigenvalue weighted by molar-refractivity contribution is 0.150. The van der Waals surface area contributed by atoms with Crippen molar-refractivity contribution in [3.05, 3.63) is 29.1 Å². The third kappa shape index (κ3) is 2.00. The highest BCUT2D eigenvalue weighted by atomic mass is 19.3. The summed E-state index contributed by atoms with van der Waals surface area (Å²) in [4.78, 5) is 3.65. The van der Waals surface area contributed by atoms with Gasteiger partial charge in [0.05, 0.1) is 5.56 Å². The van der Waals surface area contributed by atoms with Gasteiger partial charge in [0.15, 0.2) is 0 Å². The van der Waals surface area contributed by atoms with Gasteiger partial charge in [-0.1, -0.05) is 6.92 Å². The maximum Gasteiger partial charge on any atom is 0.266 e. The number of halogens is 2. The second-order valence-electron chi connectivity index (χ2n) is 2.55. The van der Waals surface area contributed by atoms with Crippen LogP contribution in [0.3, 0.4) is 0 Å². The van der Waals surface area contributed by atoms with Crippen molar-refractivity contribution in [1.82, 2.24) is 4.98 Å². The zero-order valence-corrected chi connectivity index (χ0v) is 7.09. The quantitative estimate of drug-likeness (QED) is 0.704. The van der Waals surface area contributed by atoms with E-state index in [9.17, 15) is 8.78 Å². The molecule has 1 heterocycles. The Kier molecular flexibility index (Phi) is 2.91. The highest BCUT2D eigenvalue weighted by Gasteiger charge is 2.14. The lowest BCUT2D eigenvalue weighted by atomic mass is 10.1. The fourth-order valence-electron chi connectivity index (χ4n) is 0.980. The highest BCUT2D eigenvalue weighted by molar-refractivity contribution is 5.34. The van der Waals surface area contributed by atoms with E-state index in [-0.39, 0.29) is 11.3 Å². The predicted octanol–water partition coefficient (Wildman–Crippen LogP) is 2.45. The van der Waals surface area contributed by atoms with E-state index in [2.05, 4.69) is 4.98 Å². The van der Waals surface area contributed by atoms with Crippen LogP contribution >= 0.6 is 0 Å². The number of aryl methyl sites for hydroxylation is 1. The highest BCUT2D eigenvalue weighted by Crippen LogP contribution is 2.22. The van der Waals surface area contributed by atoms with Crippen LogP contribution in [0.5, 0.6) is 0 Å². The van der Waals surface area contributed by atoms with Gasteiger partial charge in [0.2, 0.25) is 0 Å². The molecule has 1 rings (SSSR count). The first-order valence-corrected chi connectivity index (χ1v) is 3.86. The van der Waals surface area contributed by atoms with E-state index in [0.29, 0.717) is 12.0 Å². The van der Waals surface area contributed by atoms with Gasteiger partial charge in [-0.05, 0) is 18.1 Å². The maximum atomic E-state index is 12.3. The molecule has 4 heteroatoms. The van der Waals surface area contributed by atoms with Crippen LogP contribution in [0.4, 0.5) is 8.78 Å². The maximum absolute atomic E-state index is 12.3. The first-order valence-electron chi connectivity index (χ1n) is 3.86. The lowest BCUT2D eigenvalue weighted by Gasteiger charge is -2.03. The molecular formula is C9H8F2N2. The van der Waals surface area contributed by atoms with Gasteiger partial charge < -0.3 is 0 Å². The minimum Gasteiger partial charge on any atom is -0.245 e. The Balaban J connectivity index is 3.20. The molecular weight excluding hydrogens is 174 g/mol. The van der Waals surface area contributed by atoms with E-state index < -0.39 is 6.43 Å². The van der Waals surface area contributed by atoms with Crippen LogP contribution in [0.15, 0.2) is 12.3 Å². The Morgan fingerprint density at radius 2 is 2.31 bits per heavy atom. The molecule has 0 N–H and O–H groups in total. The second kappa shape index (κ2) is 3.94. The van der Waals surface area contributed by atoms with E-state index in [4.69, 9.17) is 5.26 Å². The summed E-state index contributed by atoms with van der Waals surface area (Å²) >= 11 is 0. The van der Waals surface area contributed by atoms with Gasteiger partial charge in [0.1, 0.15) is 11.8 Å². The Morgan fingerprint density at radius 3 is 2.77 bits per heavy atom. The molecule has 0 amide bonds. The van der Waals surface area contributed by atoms with Gasteiger partial charge in [0, 0.05) is 6.20 Å². The lowest BCUT2D eigenvalue weighted by Crippen LogP contribution is -1.96. The fourth-order valence-corrected chi connectivity index (χ4v) is 0.980. The number of rotatable bonds is 2. The van der Waals surface area contributed by atoms with Crippen LogP contribution in [-0.2, 0) is 6.42 Å². The smallest absolute Gasteiger partial charge is 0.245 e. The number of nitrogens with zero attached hydrogens (tertiary/aromatic N) is 2. The topological polar surface area (TPSA) is 36.7 Å². The summed E-state index contributed by atoms with van der Waals surface area (Å²) in [5.74, 6) is 0. The molecule has 0 aliphatic heterocycles. The molecule has 68 valence electrons. The molecule has 0 saturated carbocycles. The molecule has 13 heavy (non-hydrogen) atoms. The fraction of sp³-hybridized carbons (Fsp3) is 0.333. The molecule has 0 spiro atoms. The van der Waals surface area contributed by atoms with Crippen molar-refractivity contribution in [2.45, 2.75) is 19.8 Å². The van der Waals surface area contributed by atoms with Gasteiger partial charge in [-0.3, -0.25) is 0 Å². The van der Waals surface area contributed by atoms with Crippen LogP contribution in [0, 0.1) is 11.3 Å². The second-order valence-corrected chi connectivity index (χ2v) is 2.55. The van der Waals surface area contributed by atoms with Crippen LogP contribution in [0.25, 0.3) is 0 Å². The van der Waals surface area contributed by atoms with Crippen LogP contribution < -0.4 is 0 Å². The Bertz CT molecular complexity index is 342. The zero-order valence-electron chi connectivity index (χ0n) is 7.09. The van der Waals surface area contributed by atoms with Crippen LogP contribution in [-0.4, -0.2) is 4.98 Å². The Morgan fingerprint density at radius 1 is 1.62 bits per heavy atom. The summed E-state index contributed by atoms with van der Waals surface area (Å²) in [5.41, 5.74) is 0.253. The standard InChI is InChI=1S/C9H8F2N2/c1-2-6-3-7(9(10)11)8(4-12)13-5-6/h3,5,9H,2H2,1H3. The first-order chi connectivity index (χ1) is 6.19. The Hall–Kier alpha value is -1.50. The van der Waals surface area contributed by atoms with Gasteiger partial charge in [-0.25, -0.2) is 13.8 Å².